The number of ether oxygens (including phenoxy) is 1. The molecule has 1 unspecified atom stereocenters. The predicted molar refractivity (Wildman–Crippen MR) is 67.3 cm³/mol. The molecule has 108 valence electrons. The van der Waals surface area contributed by atoms with E-state index in [0.717, 1.165) is 6.07 Å². The lowest BCUT2D eigenvalue weighted by molar-refractivity contribution is -0.386. The van der Waals surface area contributed by atoms with E-state index in [1.165, 1.54) is 12.1 Å². The zero-order chi connectivity index (χ0) is 14.7. The topological polar surface area (TPSA) is 92.9 Å². The fourth-order valence-corrected chi connectivity index (χ4v) is 2.20. The highest BCUT2D eigenvalue weighted by Crippen LogP contribution is 2.31. The molecule has 1 aromatic carbocycles. The summed E-state index contributed by atoms with van der Waals surface area (Å²) < 4.78 is 18.9. The number of rotatable bonds is 4. The van der Waals surface area contributed by atoms with Gasteiger partial charge in [-0.2, -0.15) is 4.39 Å². The first-order valence-corrected chi connectivity index (χ1v) is 6.00. The van der Waals surface area contributed by atoms with Crippen molar-refractivity contribution in [2.24, 2.45) is 0 Å². The van der Waals surface area contributed by atoms with E-state index < -0.39 is 28.5 Å². The van der Waals surface area contributed by atoms with Crippen molar-refractivity contribution in [2.75, 3.05) is 24.6 Å². The van der Waals surface area contributed by atoms with Gasteiger partial charge in [0.2, 0.25) is 5.82 Å². The fraction of sp³-hybridized carbons (Fsp3) is 0.417. The summed E-state index contributed by atoms with van der Waals surface area (Å²) in [7, 11) is 0. The number of nitrogens with zero attached hydrogens (tertiary/aromatic N) is 2. The molecule has 7 nitrogen and oxygen atoms in total. The van der Waals surface area contributed by atoms with Gasteiger partial charge in [0.05, 0.1) is 24.1 Å². The third-order valence-corrected chi connectivity index (χ3v) is 3.03. The number of nitro benzene ring substituents is 1. The first kappa shape index (κ1) is 14.2. The van der Waals surface area contributed by atoms with Gasteiger partial charge in [0, 0.05) is 13.1 Å². The molecular formula is C12H13FN2O5. The number of morpholine rings is 1. The van der Waals surface area contributed by atoms with Crippen molar-refractivity contribution in [1.29, 1.82) is 0 Å². The van der Waals surface area contributed by atoms with Crippen molar-refractivity contribution >= 4 is 17.3 Å². The van der Waals surface area contributed by atoms with Crippen LogP contribution in [0.2, 0.25) is 0 Å². The highest BCUT2D eigenvalue weighted by Gasteiger charge is 2.29. The molecule has 1 heterocycles. The quantitative estimate of drug-likeness (QED) is 0.663. The van der Waals surface area contributed by atoms with Crippen LogP contribution in [0.5, 0.6) is 0 Å². The van der Waals surface area contributed by atoms with Crippen LogP contribution in [0.15, 0.2) is 18.2 Å². The molecule has 2 rings (SSSR count). The van der Waals surface area contributed by atoms with Crippen LogP contribution in [-0.2, 0) is 9.53 Å². The van der Waals surface area contributed by atoms with Crippen molar-refractivity contribution < 1.29 is 24.0 Å². The van der Waals surface area contributed by atoms with E-state index in [-0.39, 0.29) is 25.3 Å². The number of hydrogen-bond acceptors (Lipinski definition) is 5. The summed E-state index contributed by atoms with van der Waals surface area (Å²) in [5, 5.41) is 19.7. The third kappa shape index (κ3) is 3.02. The minimum Gasteiger partial charge on any atom is -0.481 e. The lowest BCUT2D eigenvalue weighted by atomic mass is 10.1. The number of hydrogen-bond donors (Lipinski definition) is 1. The molecule has 0 aliphatic carbocycles. The average molecular weight is 284 g/mol. The maximum absolute atomic E-state index is 13.6. The molecule has 20 heavy (non-hydrogen) atoms. The summed E-state index contributed by atoms with van der Waals surface area (Å²) in [6.45, 7) is 0.766. The number of benzene rings is 1. The predicted octanol–water partition coefficient (Wildman–Crippen LogP) is 1.41. The summed E-state index contributed by atoms with van der Waals surface area (Å²) in [6.07, 6.45) is -0.760. The molecule has 0 bridgehead atoms. The molecule has 1 aromatic rings. The molecule has 1 fully saturated rings. The van der Waals surface area contributed by atoms with Crippen molar-refractivity contribution in [3.05, 3.63) is 34.1 Å². The van der Waals surface area contributed by atoms with E-state index in [2.05, 4.69) is 0 Å². The van der Waals surface area contributed by atoms with Gasteiger partial charge < -0.3 is 14.7 Å². The zero-order valence-corrected chi connectivity index (χ0v) is 10.5. The summed E-state index contributed by atoms with van der Waals surface area (Å²) >= 11 is 0. The lowest BCUT2D eigenvalue weighted by Gasteiger charge is -2.33. The van der Waals surface area contributed by atoms with E-state index in [1.54, 1.807) is 4.90 Å². The second kappa shape index (κ2) is 5.83. The lowest BCUT2D eigenvalue weighted by Crippen LogP contribution is -2.43. The minimum absolute atomic E-state index is 0.147. The smallest absolute Gasteiger partial charge is 0.327 e. The van der Waals surface area contributed by atoms with Gasteiger partial charge >= 0.3 is 11.7 Å². The first-order valence-electron chi connectivity index (χ1n) is 6.00. The van der Waals surface area contributed by atoms with E-state index >= 15 is 0 Å². The van der Waals surface area contributed by atoms with Crippen LogP contribution in [-0.4, -0.2) is 41.8 Å². The Morgan fingerprint density at radius 2 is 2.35 bits per heavy atom. The Balaban J connectivity index is 2.25. The Labute approximate surface area is 113 Å². The van der Waals surface area contributed by atoms with Gasteiger partial charge in [-0.1, -0.05) is 6.07 Å². The standard InChI is InChI=1S/C12H13FN2O5/c13-9-2-1-3-10(12(9)15(18)19)14-4-5-20-8(7-14)6-11(16)17/h1-3,8H,4-7H2,(H,16,17). The van der Waals surface area contributed by atoms with E-state index in [9.17, 15) is 19.3 Å². The Bertz CT molecular complexity index is 537. The number of carbonyl (C=O) groups is 1. The molecule has 0 saturated carbocycles. The van der Waals surface area contributed by atoms with Gasteiger partial charge in [-0.3, -0.25) is 14.9 Å². The Hall–Kier alpha value is -2.22. The normalized spacial score (nSPS) is 18.9. The molecule has 8 heteroatoms. The SMILES string of the molecule is O=C(O)CC1CN(c2cccc(F)c2[N+](=O)[O-])CCO1. The Morgan fingerprint density at radius 1 is 1.60 bits per heavy atom. The summed E-state index contributed by atoms with van der Waals surface area (Å²) in [5.41, 5.74) is -0.447. The maximum atomic E-state index is 13.6. The number of nitro groups is 1. The fourth-order valence-electron chi connectivity index (χ4n) is 2.20. The monoisotopic (exact) mass is 284 g/mol. The van der Waals surface area contributed by atoms with Gasteiger partial charge in [-0.05, 0) is 12.1 Å². The summed E-state index contributed by atoms with van der Waals surface area (Å²) in [5.74, 6) is -1.92. The molecule has 1 N–H and O–H groups in total. The Kier molecular flexibility index (Phi) is 4.14. The maximum Gasteiger partial charge on any atom is 0.327 e. The van der Waals surface area contributed by atoms with Gasteiger partial charge in [-0.15, -0.1) is 0 Å². The van der Waals surface area contributed by atoms with Gasteiger partial charge in [0.25, 0.3) is 0 Å². The van der Waals surface area contributed by atoms with E-state index in [1.807, 2.05) is 0 Å². The molecule has 0 aromatic heterocycles. The number of carboxylic acids is 1. The van der Waals surface area contributed by atoms with Crippen LogP contribution in [0.1, 0.15) is 6.42 Å². The molecule has 1 atom stereocenters. The molecule has 0 spiro atoms. The average Bonchev–Trinajstić information content (AvgIpc) is 2.37. The van der Waals surface area contributed by atoms with Crippen LogP contribution in [0.4, 0.5) is 15.8 Å². The number of anilines is 1. The number of carboxylic acid groups (broad SMARTS) is 1. The molecule has 0 radical (unpaired) electrons. The van der Waals surface area contributed by atoms with E-state index in [4.69, 9.17) is 9.84 Å². The van der Waals surface area contributed by atoms with Crippen molar-refractivity contribution in [3.8, 4) is 0 Å². The summed E-state index contributed by atoms with van der Waals surface area (Å²) in [4.78, 5) is 22.4. The van der Waals surface area contributed by atoms with Crippen molar-refractivity contribution in [3.63, 3.8) is 0 Å². The number of para-hydroxylation sites is 1. The third-order valence-electron chi connectivity index (χ3n) is 3.03. The molecule has 0 amide bonds. The minimum atomic E-state index is -1.01. The molecular weight excluding hydrogens is 271 g/mol. The van der Waals surface area contributed by atoms with Gasteiger partial charge in [0.1, 0.15) is 5.69 Å². The van der Waals surface area contributed by atoms with E-state index in [0.29, 0.717) is 6.54 Å². The Morgan fingerprint density at radius 3 is 3.00 bits per heavy atom. The van der Waals surface area contributed by atoms with Gasteiger partial charge in [-0.25, -0.2) is 0 Å². The number of aliphatic carboxylic acids is 1. The van der Waals surface area contributed by atoms with Crippen molar-refractivity contribution in [1.82, 2.24) is 0 Å². The molecule has 1 aliphatic heterocycles. The molecule has 1 saturated heterocycles. The van der Waals surface area contributed by atoms with Crippen LogP contribution in [0, 0.1) is 15.9 Å². The highest BCUT2D eigenvalue weighted by atomic mass is 19.1. The molecule has 1 aliphatic rings. The second-order valence-corrected chi connectivity index (χ2v) is 4.40. The van der Waals surface area contributed by atoms with Crippen LogP contribution < -0.4 is 4.90 Å². The number of halogens is 1. The van der Waals surface area contributed by atoms with Gasteiger partial charge in [0.15, 0.2) is 0 Å². The second-order valence-electron chi connectivity index (χ2n) is 4.40. The van der Waals surface area contributed by atoms with Crippen molar-refractivity contribution in [2.45, 2.75) is 12.5 Å². The van der Waals surface area contributed by atoms with Crippen LogP contribution in [0.3, 0.4) is 0 Å². The van der Waals surface area contributed by atoms with Crippen LogP contribution >= 0.6 is 0 Å². The summed E-state index contributed by atoms with van der Waals surface area (Å²) in [6, 6.07) is 3.86. The first-order chi connectivity index (χ1) is 9.49. The zero-order valence-electron chi connectivity index (χ0n) is 10.5. The van der Waals surface area contributed by atoms with Crippen LogP contribution in [0.25, 0.3) is 0 Å². The highest BCUT2D eigenvalue weighted by molar-refractivity contribution is 5.68. The largest absolute Gasteiger partial charge is 0.481 e.